The van der Waals surface area contributed by atoms with Crippen LogP contribution in [0.3, 0.4) is 0 Å². The molecule has 2 aromatic carbocycles. The van der Waals surface area contributed by atoms with Crippen LogP contribution in [0.25, 0.3) is 5.57 Å². The van der Waals surface area contributed by atoms with Crippen LogP contribution in [0.15, 0.2) is 79.4 Å². The van der Waals surface area contributed by atoms with Gasteiger partial charge in [0.05, 0.1) is 0 Å². The lowest BCUT2D eigenvalue weighted by Gasteiger charge is -2.09. The molecule has 0 radical (unpaired) electrons. The van der Waals surface area contributed by atoms with Crippen molar-refractivity contribution in [3.8, 4) is 0 Å². The van der Waals surface area contributed by atoms with Crippen molar-refractivity contribution in [1.82, 2.24) is 0 Å². The molecule has 0 aromatic heterocycles. The van der Waals surface area contributed by atoms with Gasteiger partial charge in [-0.3, -0.25) is 0 Å². The predicted molar refractivity (Wildman–Crippen MR) is 240 cm³/mol. The lowest BCUT2D eigenvalue weighted by atomic mass is 9.97. The molecule has 1 aliphatic rings. The van der Waals surface area contributed by atoms with Crippen LogP contribution in [0.5, 0.6) is 0 Å². The van der Waals surface area contributed by atoms with E-state index in [4.69, 9.17) is 0 Å². The van der Waals surface area contributed by atoms with Crippen LogP contribution in [0.1, 0.15) is 181 Å². The van der Waals surface area contributed by atoms with Gasteiger partial charge in [0.2, 0.25) is 0 Å². The van der Waals surface area contributed by atoms with Crippen molar-refractivity contribution in [3.63, 3.8) is 0 Å². The minimum Gasteiger partial charge on any atom is -0.167 e. The normalized spacial score (nSPS) is 15.2. The molecule has 4 heteroatoms. The van der Waals surface area contributed by atoms with E-state index in [9.17, 15) is 13.2 Å². The lowest BCUT2D eigenvalue weighted by Crippen LogP contribution is -2.06. The number of hydrogen-bond acceptors (Lipinski definition) is 0. The highest BCUT2D eigenvalue weighted by Gasteiger charge is 2.45. The van der Waals surface area contributed by atoms with E-state index in [-0.39, 0.29) is 0 Å². The molecule has 2 aromatic rings. The number of unbranched alkanes of at least 4 members (excludes halogenated alkanes) is 8. The van der Waals surface area contributed by atoms with Gasteiger partial charge in [0.15, 0.2) is 0 Å². The summed E-state index contributed by atoms with van der Waals surface area (Å²) in [5, 5.41) is 0. The fourth-order valence-corrected chi connectivity index (χ4v) is 5.70. The minimum absolute atomic E-state index is 0.715. The average Bonchev–Trinajstić information content (AvgIpc) is 3.76. The Bertz CT molecular complexity index is 1160. The fourth-order valence-electron chi connectivity index (χ4n) is 5.70. The van der Waals surface area contributed by atoms with Gasteiger partial charge in [-0.2, -0.15) is 13.2 Å². The third kappa shape index (κ3) is 30.9. The number of halogens is 3. The molecule has 3 atom stereocenters. The van der Waals surface area contributed by atoms with E-state index in [2.05, 4.69) is 112 Å². The summed E-state index contributed by atoms with van der Waals surface area (Å²) in [6, 6.07) is 18.1. The molecule has 0 N–H and O–H groups in total. The Labute approximate surface area is 331 Å². The smallest absolute Gasteiger partial charge is 0.167 e. The number of benzene rings is 2. The molecule has 0 amide bonds. The van der Waals surface area contributed by atoms with Gasteiger partial charge in [0.25, 0.3) is 0 Å². The molecule has 0 bridgehead atoms. The minimum atomic E-state index is -4.19. The monoisotopic (exact) mass is 761 g/mol. The Balaban J connectivity index is -0.000000742. The molecule has 0 spiro atoms. The molecular weight excluding hydrogens is 677 g/mol. The van der Waals surface area contributed by atoms with Gasteiger partial charge in [-0.1, -0.05) is 173 Å². The van der Waals surface area contributed by atoms with Crippen LogP contribution < -0.4 is 0 Å². The maximum Gasteiger partial charge on any atom is 0.411 e. The second-order valence-corrected chi connectivity index (χ2v) is 14.6. The van der Waals surface area contributed by atoms with Crippen LogP contribution in [0.2, 0.25) is 0 Å². The van der Waals surface area contributed by atoms with Gasteiger partial charge in [-0.05, 0) is 119 Å². The van der Waals surface area contributed by atoms with Crippen molar-refractivity contribution >= 4 is 14.8 Å². The molecule has 3 unspecified atom stereocenters. The summed E-state index contributed by atoms with van der Waals surface area (Å²) in [6.07, 6.45) is 18.5. The molecule has 1 saturated carbocycles. The van der Waals surface area contributed by atoms with E-state index in [0.717, 1.165) is 25.7 Å². The molecule has 3 rings (SSSR count). The summed E-state index contributed by atoms with van der Waals surface area (Å²) in [4.78, 5) is 0. The average molecular weight is 761 g/mol. The van der Waals surface area contributed by atoms with E-state index in [0.29, 0.717) is 5.41 Å². The Hall–Kier alpha value is -2.12. The molecular formula is C49H84F3P. The summed E-state index contributed by atoms with van der Waals surface area (Å²) in [5.41, 5.74) is 8.14. The van der Waals surface area contributed by atoms with Gasteiger partial charge < -0.3 is 0 Å². The summed E-state index contributed by atoms with van der Waals surface area (Å²) >= 11 is 0. The quantitative estimate of drug-likeness (QED) is 0.0760. The maximum atomic E-state index is 11.1. The second kappa shape index (κ2) is 34.4. The molecule has 0 nitrogen and oxygen atoms in total. The highest BCUT2D eigenvalue weighted by molar-refractivity contribution is 7.15. The first-order chi connectivity index (χ1) is 25.2. The Morgan fingerprint density at radius 1 is 0.698 bits per heavy atom. The van der Waals surface area contributed by atoms with E-state index in [1.54, 1.807) is 0 Å². The van der Waals surface area contributed by atoms with Crippen molar-refractivity contribution < 1.29 is 13.2 Å². The second-order valence-electron chi connectivity index (χ2n) is 14.6. The largest absolute Gasteiger partial charge is 0.411 e. The van der Waals surface area contributed by atoms with Crippen molar-refractivity contribution in [1.29, 1.82) is 0 Å². The topological polar surface area (TPSA) is 0 Å². The summed E-state index contributed by atoms with van der Waals surface area (Å²) in [7, 11) is 2.42. The SMILES string of the molecule is C=C(C)C(F)(F)F.C=C(C)CCCCC(=C)c1ccc(C)cc1.CC.CC.CCCCCCCc1ccc(CCCCCCC2(C)CC2C)cc1.CP. The Kier molecular flexibility index (Phi) is 35.8. The van der Waals surface area contributed by atoms with E-state index >= 15 is 0 Å². The van der Waals surface area contributed by atoms with Crippen LogP contribution in [0, 0.1) is 18.3 Å². The number of hydrogen-bond donors (Lipinski definition) is 0. The van der Waals surface area contributed by atoms with Gasteiger partial charge in [0, 0.05) is 5.57 Å². The van der Waals surface area contributed by atoms with Gasteiger partial charge in [0.1, 0.15) is 0 Å². The molecule has 306 valence electrons. The third-order valence-corrected chi connectivity index (χ3v) is 9.63. The van der Waals surface area contributed by atoms with E-state index in [1.165, 1.54) is 130 Å². The highest BCUT2D eigenvalue weighted by atomic mass is 31.0. The zero-order chi connectivity index (χ0) is 41.3. The standard InChI is InChI=1S/C24H40.C16H22.C4H5F3.2C2H6.CH5P/c1-4-5-6-7-10-13-22-15-17-23(18-16-22)14-11-8-9-12-19-24(3)20-21(24)2;1-13(2)7-5-6-8-15(4)16-11-9-14(3)10-12-16;1-3(2)4(5,6)7;3*1-2/h15-18,21H,4-14,19-20H2,1-3H3;9-12H,1,4-8H2,2-3H3;1H2,2H3;2*1-2H3;2H2,1H3. The van der Waals surface area contributed by atoms with Gasteiger partial charge >= 0.3 is 6.18 Å². The van der Waals surface area contributed by atoms with Crippen molar-refractivity contribution in [2.24, 2.45) is 11.3 Å². The number of alkyl halides is 3. The van der Waals surface area contributed by atoms with Crippen molar-refractivity contribution in [2.75, 3.05) is 6.66 Å². The van der Waals surface area contributed by atoms with Crippen LogP contribution >= 0.6 is 9.24 Å². The predicted octanol–water partition coefficient (Wildman–Crippen LogP) is 17.6. The first-order valence-corrected chi connectivity index (χ1v) is 22.1. The molecule has 1 aliphatic carbocycles. The Morgan fingerprint density at radius 3 is 1.47 bits per heavy atom. The van der Waals surface area contributed by atoms with Crippen LogP contribution in [0.4, 0.5) is 13.2 Å². The van der Waals surface area contributed by atoms with Crippen LogP contribution in [-0.2, 0) is 12.8 Å². The van der Waals surface area contributed by atoms with Crippen molar-refractivity contribution in [3.05, 3.63) is 102 Å². The number of aryl methyl sites for hydroxylation is 3. The first-order valence-electron chi connectivity index (χ1n) is 21.0. The first kappa shape index (κ1) is 55.2. The summed E-state index contributed by atoms with van der Waals surface area (Å²) in [6.45, 7) is 33.0. The molecule has 53 heavy (non-hydrogen) atoms. The zero-order valence-corrected chi connectivity index (χ0v) is 37.7. The zero-order valence-electron chi connectivity index (χ0n) is 36.5. The lowest BCUT2D eigenvalue weighted by molar-refractivity contribution is -0.0909. The molecule has 0 heterocycles. The fraction of sp³-hybridized carbons (Fsp3) is 0.633. The summed E-state index contributed by atoms with van der Waals surface area (Å²) in [5.74, 6) is 0.989. The van der Waals surface area contributed by atoms with E-state index < -0.39 is 11.7 Å². The van der Waals surface area contributed by atoms with Crippen LogP contribution in [-0.4, -0.2) is 12.8 Å². The summed E-state index contributed by atoms with van der Waals surface area (Å²) < 4.78 is 33.2. The number of allylic oxidation sites excluding steroid dienone is 3. The Morgan fingerprint density at radius 2 is 1.09 bits per heavy atom. The molecule has 0 aliphatic heterocycles. The van der Waals surface area contributed by atoms with E-state index in [1.807, 2.05) is 34.4 Å². The van der Waals surface area contributed by atoms with Gasteiger partial charge in [-0.25, -0.2) is 0 Å². The number of rotatable bonds is 19. The van der Waals surface area contributed by atoms with Gasteiger partial charge in [-0.15, -0.1) is 15.8 Å². The third-order valence-electron chi connectivity index (χ3n) is 9.63. The highest BCUT2D eigenvalue weighted by Crippen LogP contribution is 2.55. The van der Waals surface area contributed by atoms with Crippen molar-refractivity contribution in [2.45, 2.75) is 185 Å². The molecule has 1 fully saturated rings. The molecule has 0 saturated heterocycles. The maximum absolute atomic E-state index is 11.1.